The van der Waals surface area contributed by atoms with E-state index in [1.54, 1.807) is 19.2 Å². The number of rotatable bonds is 7. The zero-order chi connectivity index (χ0) is 22.7. The van der Waals surface area contributed by atoms with Crippen LogP contribution in [0.25, 0.3) is 10.9 Å². The monoisotopic (exact) mass is 428 g/mol. The van der Waals surface area contributed by atoms with Gasteiger partial charge < -0.3 is 19.7 Å². The highest BCUT2D eigenvalue weighted by molar-refractivity contribution is 6.09. The molecule has 0 aliphatic carbocycles. The Morgan fingerprint density at radius 3 is 2.47 bits per heavy atom. The molecule has 0 bridgehead atoms. The number of amides is 1. The molecular formula is C27H28N2O3. The van der Waals surface area contributed by atoms with Crippen molar-refractivity contribution < 1.29 is 14.6 Å². The number of aromatic nitrogens is 1. The van der Waals surface area contributed by atoms with Gasteiger partial charge in [0.1, 0.15) is 11.5 Å². The fourth-order valence-corrected chi connectivity index (χ4v) is 4.19. The smallest absolute Gasteiger partial charge is 0.254 e. The lowest BCUT2D eigenvalue weighted by Crippen LogP contribution is -2.24. The van der Waals surface area contributed by atoms with E-state index >= 15 is 0 Å². The molecule has 0 spiro atoms. The third kappa shape index (κ3) is 4.33. The second kappa shape index (κ2) is 9.18. The summed E-state index contributed by atoms with van der Waals surface area (Å²) in [5, 5.41) is 14.0. The summed E-state index contributed by atoms with van der Waals surface area (Å²) in [5.41, 5.74) is 4.62. The van der Waals surface area contributed by atoms with Gasteiger partial charge in [0.15, 0.2) is 0 Å². The summed E-state index contributed by atoms with van der Waals surface area (Å²) in [5.74, 6) is 0.861. The van der Waals surface area contributed by atoms with Crippen LogP contribution < -0.4 is 10.1 Å². The van der Waals surface area contributed by atoms with Gasteiger partial charge in [-0.2, -0.15) is 0 Å². The van der Waals surface area contributed by atoms with Crippen LogP contribution in [0.3, 0.4) is 0 Å². The van der Waals surface area contributed by atoms with Crippen molar-refractivity contribution in [3.63, 3.8) is 0 Å². The summed E-state index contributed by atoms with van der Waals surface area (Å²) < 4.78 is 7.47. The molecule has 0 aliphatic heterocycles. The zero-order valence-electron chi connectivity index (χ0n) is 18.6. The molecule has 4 aromatic rings. The fraction of sp³-hybridized carbons (Fsp3) is 0.222. The minimum Gasteiger partial charge on any atom is -0.508 e. The van der Waals surface area contributed by atoms with E-state index in [0.29, 0.717) is 18.7 Å². The van der Waals surface area contributed by atoms with E-state index in [0.717, 1.165) is 33.5 Å². The number of carbonyl (C=O) groups excluding carboxylic acids is 1. The minimum atomic E-state index is -0.154. The number of hydrogen-bond donors (Lipinski definition) is 2. The summed E-state index contributed by atoms with van der Waals surface area (Å²) >= 11 is 0. The van der Waals surface area contributed by atoms with E-state index in [1.807, 2.05) is 48.5 Å². The molecule has 0 radical (unpaired) electrons. The van der Waals surface area contributed by atoms with Crippen LogP contribution in [0.5, 0.6) is 11.5 Å². The summed E-state index contributed by atoms with van der Waals surface area (Å²) in [4.78, 5) is 13.5. The first-order valence-corrected chi connectivity index (χ1v) is 10.8. The van der Waals surface area contributed by atoms with Gasteiger partial charge >= 0.3 is 0 Å². The molecule has 2 N–H and O–H groups in total. The third-order valence-electron chi connectivity index (χ3n) is 5.63. The van der Waals surface area contributed by atoms with Crippen molar-refractivity contribution in [3.8, 4) is 11.5 Å². The third-order valence-corrected chi connectivity index (χ3v) is 5.63. The molecule has 5 heteroatoms. The number of benzene rings is 3. The van der Waals surface area contributed by atoms with Crippen molar-refractivity contribution in [3.05, 3.63) is 95.2 Å². The molecule has 1 amide bonds. The van der Waals surface area contributed by atoms with Crippen molar-refractivity contribution in [1.82, 2.24) is 9.88 Å². The van der Waals surface area contributed by atoms with Crippen LogP contribution in [0.1, 0.15) is 46.9 Å². The van der Waals surface area contributed by atoms with Crippen LogP contribution in [0.15, 0.2) is 72.8 Å². The van der Waals surface area contributed by atoms with Crippen molar-refractivity contribution in [2.24, 2.45) is 0 Å². The van der Waals surface area contributed by atoms with Gasteiger partial charge in [0.05, 0.1) is 12.7 Å². The van der Waals surface area contributed by atoms with Crippen molar-refractivity contribution >= 4 is 16.8 Å². The van der Waals surface area contributed by atoms with E-state index in [1.165, 1.54) is 0 Å². The van der Waals surface area contributed by atoms with Crippen LogP contribution >= 0.6 is 0 Å². The normalized spacial score (nSPS) is 11.1. The number of aromatic hydroxyl groups is 1. The average molecular weight is 429 g/mol. The maximum atomic E-state index is 13.5. The number of fused-ring (bicyclic) bond motifs is 1. The summed E-state index contributed by atoms with van der Waals surface area (Å²) in [6.45, 7) is 5.22. The minimum absolute atomic E-state index is 0.117. The van der Waals surface area contributed by atoms with Crippen molar-refractivity contribution in [2.75, 3.05) is 7.11 Å². The van der Waals surface area contributed by atoms with Gasteiger partial charge in [-0.1, -0.05) is 56.3 Å². The van der Waals surface area contributed by atoms with Crippen molar-refractivity contribution in [2.45, 2.75) is 32.9 Å². The SMILES string of the molecule is COc1cccc(CNC(=O)c2c(C(C)C)n(Cc3ccccc3)c3ccc(O)cc23)c1. The zero-order valence-corrected chi connectivity index (χ0v) is 18.6. The van der Waals surface area contributed by atoms with Gasteiger partial charge in [-0.3, -0.25) is 4.79 Å². The van der Waals surface area contributed by atoms with E-state index in [9.17, 15) is 9.90 Å². The molecular weight excluding hydrogens is 400 g/mol. The van der Waals surface area contributed by atoms with Gasteiger partial charge in [0.25, 0.3) is 5.91 Å². The van der Waals surface area contributed by atoms with E-state index in [-0.39, 0.29) is 17.6 Å². The van der Waals surface area contributed by atoms with Crippen LogP contribution in [0, 0.1) is 0 Å². The molecule has 32 heavy (non-hydrogen) atoms. The average Bonchev–Trinajstić information content (AvgIpc) is 3.11. The van der Waals surface area contributed by atoms with Crippen molar-refractivity contribution in [1.29, 1.82) is 0 Å². The molecule has 1 aromatic heterocycles. The summed E-state index contributed by atoms with van der Waals surface area (Å²) in [6, 6.07) is 23.1. The van der Waals surface area contributed by atoms with Gasteiger partial charge in [0, 0.05) is 29.7 Å². The molecule has 0 fully saturated rings. The highest BCUT2D eigenvalue weighted by Crippen LogP contribution is 2.34. The molecule has 0 unspecified atom stereocenters. The lowest BCUT2D eigenvalue weighted by atomic mass is 10.0. The molecule has 0 atom stereocenters. The number of phenolic OH excluding ortho intramolecular Hbond substituents is 1. The lowest BCUT2D eigenvalue weighted by molar-refractivity contribution is 0.0951. The molecule has 0 saturated carbocycles. The summed E-state index contributed by atoms with van der Waals surface area (Å²) in [7, 11) is 1.63. The van der Waals surface area contributed by atoms with E-state index in [2.05, 4.69) is 35.9 Å². The number of hydrogen-bond acceptors (Lipinski definition) is 3. The first-order chi connectivity index (χ1) is 15.5. The fourth-order valence-electron chi connectivity index (χ4n) is 4.19. The molecule has 4 rings (SSSR count). The Kier molecular flexibility index (Phi) is 6.17. The molecule has 0 aliphatic rings. The number of phenols is 1. The number of ether oxygens (including phenoxy) is 1. The quantitative estimate of drug-likeness (QED) is 0.411. The highest BCUT2D eigenvalue weighted by atomic mass is 16.5. The van der Waals surface area contributed by atoms with E-state index in [4.69, 9.17) is 4.74 Å². The van der Waals surface area contributed by atoms with Gasteiger partial charge in [-0.25, -0.2) is 0 Å². The molecule has 5 nitrogen and oxygen atoms in total. The number of nitrogens with one attached hydrogen (secondary N) is 1. The van der Waals surface area contributed by atoms with Crippen LogP contribution in [-0.4, -0.2) is 22.7 Å². The standard InChI is InChI=1S/C27H28N2O3/c1-18(2)26-25(27(31)28-16-20-10-7-11-22(14-20)32-3)23-15-21(30)12-13-24(23)29(26)17-19-8-5-4-6-9-19/h4-15,18,30H,16-17H2,1-3H3,(H,28,31). The first kappa shape index (κ1) is 21.5. The van der Waals surface area contributed by atoms with Gasteiger partial charge in [-0.15, -0.1) is 0 Å². The Morgan fingerprint density at radius 1 is 1.00 bits per heavy atom. The summed E-state index contributed by atoms with van der Waals surface area (Å²) in [6.07, 6.45) is 0. The maximum absolute atomic E-state index is 13.5. The second-order valence-corrected chi connectivity index (χ2v) is 8.22. The van der Waals surface area contributed by atoms with Crippen LogP contribution in [-0.2, 0) is 13.1 Å². The Balaban J connectivity index is 1.76. The largest absolute Gasteiger partial charge is 0.508 e. The van der Waals surface area contributed by atoms with Crippen LogP contribution in [0.2, 0.25) is 0 Å². The van der Waals surface area contributed by atoms with Gasteiger partial charge in [-0.05, 0) is 47.4 Å². The molecule has 164 valence electrons. The molecule has 3 aromatic carbocycles. The Bertz CT molecular complexity index is 1240. The predicted octanol–water partition coefficient (Wildman–Crippen LogP) is 5.46. The Labute approximate surface area is 188 Å². The molecule has 0 saturated heterocycles. The number of methoxy groups -OCH3 is 1. The number of nitrogens with zero attached hydrogens (tertiary/aromatic N) is 1. The van der Waals surface area contributed by atoms with Gasteiger partial charge in [0.2, 0.25) is 0 Å². The topological polar surface area (TPSA) is 63.5 Å². The number of carbonyl (C=O) groups is 1. The maximum Gasteiger partial charge on any atom is 0.254 e. The Hall–Kier alpha value is -3.73. The van der Waals surface area contributed by atoms with Crippen LogP contribution in [0.4, 0.5) is 0 Å². The highest BCUT2D eigenvalue weighted by Gasteiger charge is 2.25. The first-order valence-electron chi connectivity index (χ1n) is 10.8. The predicted molar refractivity (Wildman–Crippen MR) is 127 cm³/mol. The lowest BCUT2D eigenvalue weighted by Gasteiger charge is -2.16. The second-order valence-electron chi connectivity index (χ2n) is 8.22. The van der Waals surface area contributed by atoms with E-state index < -0.39 is 0 Å². The molecule has 1 heterocycles. The Morgan fingerprint density at radius 2 is 1.75 bits per heavy atom.